The van der Waals surface area contributed by atoms with Crippen LogP contribution in [0.25, 0.3) is 0 Å². The Morgan fingerprint density at radius 1 is 1.12 bits per heavy atom. The molecule has 0 radical (unpaired) electrons. The molecule has 1 aromatic carbocycles. The molecule has 130 valence electrons. The molecule has 2 fully saturated rings. The van der Waals surface area contributed by atoms with Crippen molar-refractivity contribution in [1.82, 2.24) is 9.80 Å². The van der Waals surface area contributed by atoms with Crippen LogP contribution in [0.1, 0.15) is 37.7 Å². The number of piperidine rings is 1. The third kappa shape index (κ3) is 2.47. The number of para-hydroxylation sites is 1. The van der Waals surface area contributed by atoms with E-state index in [9.17, 15) is 4.79 Å². The van der Waals surface area contributed by atoms with Gasteiger partial charge in [-0.2, -0.15) is 0 Å². The SMILES string of the molecule is CN1C(=O)C2(CCN(CC[C@@H]3CCCN3C)CC2)c2ccccc21. The van der Waals surface area contributed by atoms with Crippen LogP contribution in [0.15, 0.2) is 24.3 Å². The minimum absolute atomic E-state index is 0.258. The molecule has 4 heteroatoms. The summed E-state index contributed by atoms with van der Waals surface area (Å²) >= 11 is 0. The van der Waals surface area contributed by atoms with Gasteiger partial charge in [0.15, 0.2) is 0 Å². The molecule has 4 rings (SSSR count). The fourth-order valence-electron chi connectivity index (χ4n) is 5.03. The zero-order valence-corrected chi connectivity index (χ0v) is 15.0. The van der Waals surface area contributed by atoms with Crippen LogP contribution in [0.4, 0.5) is 5.69 Å². The molecule has 3 heterocycles. The van der Waals surface area contributed by atoms with Crippen LogP contribution < -0.4 is 4.90 Å². The Kier molecular flexibility index (Phi) is 4.13. The summed E-state index contributed by atoms with van der Waals surface area (Å²) in [6.45, 7) is 4.52. The highest BCUT2D eigenvalue weighted by Gasteiger charge is 2.50. The van der Waals surface area contributed by atoms with E-state index in [1.807, 2.05) is 18.0 Å². The van der Waals surface area contributed by atoms with E-state index in [0.29, 0.717) is 5.91 Å². The number of benzene rings is 1. The number of likely N-dealkylation sites (N-methyl/N-ethyl adjacent to an activating group) is 1. The van der Waals surface area contributed by atoms with E-state index in [1.54, 1.807) is 0 Å². The van der Waals surface area contributed by atoms with Gasteiger partial charge in [-0.1, -0.05) is 18.2 Å². The van der Waals surface area contributed by atoms with Gasteiger partial charge in [-0.05, 0) is 77.0 Å². The summed E-state index contributed by atoms with van der Waals surface area (Å²) in [5.74, 6) is 0.305. The smallest absolute Gasteiger partial charge is 0.237 e. The van der Waals surface area contributed by atoms with Gasteiger partial charge in [0.2, 0.25) is 5.91 Å². The first-order chi connectivity index (χ1) is 11.6. The van der Waals surface area contributed by atoms with Gasteiger partial charge >= 0.3 is 0 Å². The Balaban J connectivity index is 1.41. The third-order valence-corrected chi connectivity index (χ3v) is 6.65. The van der Waals surface area contributed by atoms with E-state index in [1.165, 1.54) is 37.9 Å². The van der Waals surface area contributed by atoms with E-state index in [4.69, 9.17) is 0 Å². The van der Waals surface area contributed by atoms with Gasteiger partial charge in [-0.3, -0.25) is 4.79 Å². The largest absolute Gasteiger partial charge is 0.314 e. The lowest BCUT2D eigenvalue weighted by Gasteiger charge is -2.39. The molecule has 3 aliphatic heterocycles. The number of likely N-dealkylation sites (tertiary alicyclic amines) is 2. The van der Waals surface area contributed by atoms with Crippen molar-refractivity contribution in [2.45, 2.75) is 43.6 Å². The van der Waals surface area contributed by atoms with Crippen molar-refractivity contribution in [3.8, 4) is 0 Å². The van der Waals surface area contributed by atoms with E-state index in [2.05, 4.69) is 35.0 Å². The van der Waals surface area contributed by atoms with Gasteiger partial charge in [0.1, 0.15) is 0 Å². The highest BCUT2D eigenvalue weighted by molar-refractivity contribution is 6.07. The first-order valence-electron chi connectivity index (χ1n) is 9.42. The number of amides is 1. The highest BCUT2D eigenvalue weighted by Crippen LogP contribution is 2.47. The predicted molar refractivity (Wildman–Crippen MR) is 97.5 cm³/mol. The molecule has 1 atom stereocenters. The Morgan fingerprint density at radius 3 is 2.58 bits per heavy atom. The lowest BCUT2D eigenvalue weighted by molar-refractivity contribution is -0.124. The fraction of sp³-hybridized carbons (Fsp3) is 0.650. The maximum atomic E-state index is 13.0. The molecule has 1 aromatic rings. The number of hydrogen-bond acceptors (Lipinski definition) is 3. The Bertz CT molecular complexity index is 621. The van der Waals surface area contributed by atoms with Crippen LogP contribution in [-0.2, 0) is 10.2 Å². The number of carbonyl (C=O) groups is 1. The van der Waals surface area contributed by atoms with Gasteiger partial charge in [0.05, 0.1) is 5.41 Å². The molecule has 0 N–H and O–H groups in total. The second-order valence-electron chi connectivity index (χ2n) is 7.87. The Labute approximate surface area is 145 Å². The topological polar surface area (TPSA) is 26.8 Å². The van der Waals surface area contributed by atoms with E-state index in [-0.39, 0.29) is 5.41 Å². The molecule has 1 amide bonds. The number of nitrogens with zero attached hydrogens (tertiary/aromatic N) is 3. The Morgan fingerprint density at radius 2 is 1.88 bits per heavy atom. The summed E-state index contributed by atoms with van der Waals surface area (Å²) in [7, 11) is 4.19. The van der Waals surface area contributed by atoms with Crippen molar-refractivity contribution < 1.29 is 4.79 Å². The average Bonchev–Trinajstić information content (AvgIpc) is 3.11. The second kappa shape index (κ2) is 6.16. The third-order valence-electron chi connectivity index (χ3n) is 6.65. The standard InChI is InChI=1S/C20H29N3O/c1-21-12-5-6-16(21)9-13-23-14-10-20(11-15-23)17-7-3-4-8-18(17)22(2)19(20)24/h3-4,7-8,16H,5-6,9-15H2,1-2H3/t16-/m0/s1. The summed E-state index contributed by atoms with van der Waals surface area (Å²) in [5.41, 5.74) is 2.11. The van der Waals surface area contributed by atoms with Crippen molar-refractivity contribution in [2.24, 2.45) is 0 Å². The molecule has 2 saturated heterocycles. The van der Waals surface area contributed by atoms with Crippen LogP contribution in [0.2, 0.25) is 0 Å². The quantitative estimate of drug-likeness (QED) is 0.853. The highest BCUT2D eigenvalue weighted by atomic mass is 16.2. The van der Waals surface area contributed by atoms with Crippen LogP contribution in [0, 0.1) is 0 Å². The van der Waals surface area contributed by atoms with Crippen LogP contribution in [0.3, 0.4) is 0 Å². The molecule has 24 heavy (non-hydrogen) atoms. The van der Waals surface area contributed by atoms with Crippen molar-refractivity contribution in [2.75, 3.05) is 45.2 Å². The molecular formula is C20H29N3O. The van der Waals surface area contributed by atoms with Crippen LogP contribution in [-0.4, -0.2) is 62.0 Å². The maximum Gasteiger partial charge on any atom is 0.237 e. The van der Waals surface area contributed by atoms with Crippen molar-refractivity contribution >= 4 is 11.6 Å². The predicted octanol–water partition coefficient (Wildman–Crippen LogP) is 2.48. The molecule has 0 aromatic heterocycles. The van der Waals surface area contributed by atoms with Crippen molar-refractivity contribution in [3.63, 3.8) is 0 Å². The summed E-state index contributed by atoms with van der Waals surface area (Å²) in [6, 6.07) is 9.13. The van der Waals surface area contributed by atoms with E-state index in [0.717, 1.165) is 37.7 Å². The van der Waals surface area contributed by atoms with E-state index < -0.39 is 0 Å². The number of anilines is 1. The minimum Gasteiger partial charge on any atom is -0.314 e. The number of rotatable bonds is 3. The molecule has 4 nitrogen and oxygen atoms in total. The second-order valence-corrected chi connectivity index (χ2v) is 7.87. The number of fused-ring (bicyclic) bond motifs is 2. The molecule has 0 bridgehead atoms. The lowest BCUT2D eigenvalue weighted by Crippen LogP contribution is -2.48. The summed E-state index contributed by atoms with van der Waals surface area (Å²) in [5, 5.41) is 0. The number of carbonyl (C=O) groups excluding carboxylic acids is 1. The van der Waals surface area contributed by atoms with Gasteiger partial charge < -0.3 is 14.7 Å². The van der Waals surface area contributed by atoms with Gasteiger partial charge in [-0.25, -0.2) is 0 Å². The minimum atomic E-state index is -0.258. The Hall–Kier alpha value is -1.39. The fourth-order valence-corrected chi connectivity index (χ4v) is 5.03. The molecule has 3 aliphatic rings. The lowest BCUT2D eigenvalue weighted by atomic mass is 9.73. The monoisotopic (exact) mass is 327 g/mol. The van der Waals surface area contributed by atoms with Gasteiger partial charge in [0.25, 0.3) is 0 Å². The average molecular weight is 327 g/mol. The normalized spacial score (nSPS) is 27.2. The summed E-state index contributed by atoms with van der Waals surface area (Å²) in [6.07, 6.45) is 5.90. The van der Waals surface area contributed by atoms with Crippen LogP contribution in [0.5, 0.6) is 0 Å². The molecule has 0 saturated carbocycles. The first-order valence-corrected chi connectivity index (χ1v) is 9.42. The first kappa shape index (κ1) is 16.1. The zero-order valence-electron chi connectivity index (χ0n) is 15.0. The molecule has 0 aliphatic carbocycles. The summed E-state index contributed by atoms with van der Waals surface area (Å²) < 4.78 is 0. The van der Waals surface area contributed by atoms with Gasteiger partial charge in [0, 0.05) is 18.8 Å². The molecule has 1 spiro atoms. The zero-order chi connectivity index (χ0) is 16.7. The van der Waals surface area contributed by atoms with Crippen molar-refractivity contribution in [1.29, 1.82) is 0 Å². The van der Waals surface area contributed by atoms with Gasteiger partial charge in [-0.15, -0.1) is 0 Å². The molecular weight excluding hydrogens is 298 g/mol. The summed E-state index contributed by atoms with van der Waals surface area (Å²) in [4.78, 5) is 19.9. The van der Waals surface area contributed by atoms with Crippen LogP contribution >= 0.6 is 0 Å². The van der Waals surface area contributed by atoms with Crippen molar-refractivity contribution in [3.05, 3.63) is 29.8 Å². The molecule has 0 unspecified atom stereocenters. The number of hydrogen-bond donors (Lipinski definition) is 0. The maximum absolute atomic E-state index is 13.0. The van der Waals surface area contributed by atoms with E-state index >= 15 is 0 Å².